The molecule has 0 unspecified atom stereocenters. The molecule has 0 bridgehead atoms. The summed E-state index contributed by atoms with van der Waals surface area (Å²) >= 11 is 0. The molecule has 9 heteroatoms. The molecule has 34 heavy (non-hydrogen) atoms. The van der Waals surface area contributed by atoms with Crippen LogP contribution in [0.15, 0.2) is 30.3 Å². The maximum atomic E-state index is 12.2. The molecule has 1 aromatic carbocycles. The van der Waals surface area contributed by atoms with Gasteiger partial charge in [-0.2, -0.15) is 0 Å². The van der Waals surface area contributed by atoms with E-state index in [4.69, 9.17) is 23.1 Å². The number of amides is 1. The lowest BCUT2D eigenvalue weighted by atomic mass is 9.96. The fourth-order valence-corrected chi connectivity index (χ4v) is 10.1. The predicted octanol–water partition coefficient (Wildman–Crippen LogP) is 3.82. The van der Waals surface area contributed by atoms with Crippen molar-refractivity contribution in [3.8, 4) is 0 Å². The van der Waals surface area contributed by atoms with Gasteiger partial charge in [0.2, 0.25) is 5.91 Å². The molecule has 0 aromatic heterocycles. The summed E-state index contributed by atoms with van der Waals surface area (Å²) in [5.74, 6) is -0.739. The van der Waals surface area contributed by atoms with Gasteiger partial charge in [-0.1, -0.05) is 71.9 Å². The van der Waals surface area contributed by atoms with E-state index in [0.717, 1.165) is 5.56 Å². The first-order valence-electron chi connectivity index (χ1n) is 11.8. The second-order valence-corrected chi connectivity index (χ2v) is 15.9. The van der Waals surface area contributed by atoms with Crippen LogP contribution in [0, 0.1) is 0 Å². The molecule has 2 fully saturated rings. The Balaban J connectivity index is 1.95. The van der Waals surface area contributed by atoms with E-state index in [0.29, 0.717) is 6.61 Å². The molecule has 1 aromatic rings. The van der Waals surface area contributed by atoms with Gasteiger partial charge in [0, 0.05) is 23.9 Å². The molecule has 5 atom stereocenters. The number of benzene rings is 1. The van der Waals surface area contributed by atoms with E-state index >= 15 is 0 Å². The summed E-state index contributed by atoms with van der Waals surface area (Å²) in [6.45, 7) is 16.0. The van der Waals surface area contributed by atoms with E-state index in [9.17, 15) is 9.59 Å². The van der Waals surface area contributed by atoms with Crippen molar-refractivity contribution >= 4 is 20.4 Å². The highest BCUT2D eigenvalue weighted by Gasteiger charge is 2.65. The minimum Gasteiger partial charge on any atom is -0.457 e. The monoisotopic (exact) mass is 493 g/mol. The Bertz CT molecular complexity index is 850. The zero-order valence-corrected chi connectivity index (χ0v) is 22.5. The van der Waals surface area contributed by atoms with Crippen molar-refractivity contribution in [1.29, 1.82) is 0 Å². The summed E-state index contributed by atoms with van der Waals surface area (Å²) in [6.07, 6.45) is -2.75. The highest BCUT2D eigenvalue weighted by molar-refractivity contribution is 6.73. The third kappa shape index (κ3) is 5.54. The molecule has 8 nitrogen and oxygen atoms in total. The van der Waals surface area contributed by atoms with Gasteiger partial charge in [-0.25, -0.2) is 0 Å². The van der Waals surface area contributed by atoms with Gasteiger partial charge in [-0.3, -0.25) is 9.59 Å². The SMILES string of the molecule is CC(=O)N[C@H]1[C@@H](OCc2ccccc2)O[C@@H]2CO[Si](C(C)(C)C)(C(C)(C)C)O[C@H]2[C@@H]1OC(C)=O. The minimum absolute atomic E-state index is 0.263. The van der Waals surface area contributed by atoms with E-state index in [-0.39, 0.29) is 22.6 Å². The van der Waals surface area contributed by atoms with Crippen molar-refractivity contribution in [3.05, 3.63) is 35.9 Å². The number of nitrogens with one attached hydrogen (secondary N) is 1. The number of carbonyl (C=O) groups excluding carboxylic acids is 2. The quantitative estimate of drug-likeness (QED) is 0.492. The van der Waals surface area contributed by atoms with Gasteiger partial charge in [0.15, 0.2) is 12.4 Å². The van der Waals surface area contributed by atoms with Crippen LogP contribution in [0.5, 0.6) is 0 Å². The molecule has 2 aliphatic heterocycles. The van der Waals surface area contributed by atoms with E-state index in [1.807, 2.05) is 30.3 Å². The van der Waals surface area contributed by atoms with Gasteiger partial charge in [-0.15, -0.1) is 0 Å². The van der Waals surface area contributed by atoms with Crippen molar-refractivity contribution in [2.45, 2.75) is 103 Å². The Morgan fingerprint density at radius 2 is 1.68 bits per heavy atom. The van der Waals surface area contributed by atoms with Gasteiger partial charge in [0.1, 0.15) is 18.2 Å². The van der Waals surface area contributed by atoms with Gasteiger partial charge >= 0.3 is 14.5 Å². The summed E-state index contributed by atoms with van der Waals surface area (Å²) in [6, 6.07) is 8.94. The van der Waals surface area contributed by atoms with E-state index in [1.54, 1.807) is 0 Å². The summed E-state index contributed by atoms with van der Waals surface area (Å²) in [7, 11) is -2.87. The maximum Gasteiger partial charge on any atom is 0.349 e. The lowest BCUT2D eigenvalue weighted by Crippen LogP contribution is -2.73. The fraction of sp³-hybridized carbons (Fsp3) is 0.680. The minimum atomic E-state index is -2.87. The summed E-state index contributed by atoms with van der Waals surface area (Å²) in [4.78, 5) is 24.3. The highest BCUT2D eigenvalue weighted by Crippen LogP contribution is 2.55. The Labute approximate surface area is 203 Å². The Hall–Kier alpha value is -1.78. The lowest BCUT2D eigenvalue weighted by Gasteiger charge is -2.57. The van der Waals surface area contributed by atoms with Crippen LogP contribution < -0.4 is 5.32 Å². The van der Waals surface area contributed by atoms with Crippen molar-refractivity contribution in [2.75, 3.05) is 6.61 Å². The fourth-order valence-electron chi connectivity index (χ4n) is 5.13. The van der Waals surface area contributed by atoms with Crippen LogP contribution in [0.25, 0.3) is 0 Å². The van der Waals surface area contributed by atoms with E-state index < -0.39 is 45.2 Å². The number of hydrogen-bond acceptors (Lipinski definition) is 7. The maximum absolute atomic E-state index is 12.2. The van der Waals surface area contributed by atoms with Crippen LogP contribution >= 0.6 is 0 Å². The molecule has 2 saturated heterocycles. The first kappa shape index (κ1) is 26.8. The first-order chi connectivity index (χ1) is 15.7. The van der Waals surface area contributed by atoms with Crippen LogP contribution in [-0.2, 0) is 39.3 Å². The molecular formula is C25H39NO7Si. The Kier molecular flexibility index (Phi) is 7.94. The average molecular weight is 494 g/mol. The normalized spacial score (nSPS) is 29.1. The van der Waals surface area contributed by atoms with Gasteiger partial charge in [0.25, 0.3) is 0 Å². The van der Waals surface area contributed by atoms with Crippen molar-refractivity contribution in [3.63, 3.8) is 0 Å². The molecule has 0 saturated carbocycles. The molecule has 0 radical (unpaired) electrons. The molecule has 2 heterocycles. The molecule has 1 N–H and O–H groups in total. The van der Waals surface area contributed by atoms with Crippen LogP contribution in [0.3, 0.4) is 0 Å². The molecule has 1 amide bonds. The number of fused-ring (bicyclic) bond motifs is 1. The smallest absolute Gasteiger partial charge is 0.349 e. The first-order valence-corrected chi connectivity index (χ1v) is 13.6. The number of ether oxygens (including phenoxy) is 3. The highest BCUT2D eigenvalue weighted by atomic mass is 28.4. The predicted molar refractivity (Wildman–Crippen MR) is 129 cm³/mol. The number of carbonyl (C=O) groups is 2. The second kappa shape index (κ2) is 10.1. The summed E-state index contributed by atoms with van der Waals surface area (Å²) in [5, 5.41) is 2.36. The Morgan fingerprint density at radius 3 is 2.21 bits per heavy atom. The second-order valence-electron chi connectivity index (χ2n) is 11.1. The van der Waals surface area contributed by atoms with Crippen LogP contribution in [0.2, 0.25) is 10.1 Å². The van der Waals surface area contributed by atoms with Crippen molar-refractivity contribution in [2.24, 2.45) is 0 Å². The van der Waals surface area contributed by atoms with E-state index in [2.05, 4.69) is 46.9 Å². The van der Waals surface area contributed by atoms with Crippen LogP contribution in [-0.4, -0.2) is 57.7 Å². The molecule has 0 spiro atoms. The summed E-state index contributed by atoms with van der Waals surface area (Å²) < 4.78 is 31.6. The van der Waals surface area contributed by atoms with Crippen molar-refractivity contribution < 1.29 is 32.7 Å². The number of rotatable bonds is 5. The van der Waals surface area contributed by atoms with Crippen molar-refractivity contribution in [1.82, 2.24) is 5.32 Å². The molecule has 3 rings (SSSR count). The topological polar surface area (TPSA) is 92.3 Å². The number of hydrogen-bond donors (Lipinski definition) is 1. The molecule has 190 valence electrons. The molecule has 0 aliphatic carbocycles. The largest absolute Gasteiger partial charge is 0.457 e. The third-order valence-corrected chi connectivity index (χ3v) is 11.4. The zero-order valence-electron chi connectivity index (χ0n) is 21.5. The lowest BCUT2D eigenvalue weighted by molar-refractivity contribution is -0.285. The van der Waals surface area contributed by atoms with Gasteiger partial charge in [0.05, 0.1) is 13.2 Å². The van der Waals surface area contributed by atoms with E-state index in [1.165, 1.54) is 13.8 Å². The average Bonchev–Trinajstić information content (AvgIpc) is 2.72. The number of esters is 1. The van der Waals surface area contributed by atoms with Gasteiger partial charge in [-0.05, 0) is 5.56 Å². The zero-order chi connectivity index (χ0) is 25.3. The van der Waals surface area contributed by atoms with Gasteiger partial charge < -0.3 is 28.4 Å². The standard InChI is InChI=1S/C25H39NO7Si/c1-16(27)26-20-22(31-17(2)28)21-19(32-23(20)29-14-18-12-10-9-11-13-18)15-30-34(33-21,24(3,4)5)25(6,7)8/h9-13,19-23H,14-15H2,1-8H3,(H,26,27)/t19-,20-,21-,22-,23+/m1/s1. The van der Waals surface area contributed by atoms with Crippen LogP contribution in [0.4, 0.5) is 0 Å². The molecular weight excluding hydrogens is 454 g/mol. The summed E-state index contributed by atoms with van der Waals surface area (Å²) in [5.41, 5.74) is 0.960. The third-order valence-electron chi connectivity index (χ3n) is 6.30. The Morgan fingerprint density at radius 1 is 1.06 bits per heavy atom. The van der Waals surface area contributed by atoms with Crippen LogP contribution in [0.1, 0.15) is 61.0 Å². The molecule has 2 aliphatic rings.